The van der Waals surface area contributed by atoms with Crippen molar-refractivity contribution in [1.29, 1.82) is 0 Å². The Morgan fingerprint density at radius 2 is 1.38 bits per heavy atom. The molecule has 0 spiro atoms. The number of ether oxygens (including phenoxy) is 1. The van der Waals surface area contributed by atoms with E-state index in [4.69, 9.17) is 4.74 Å². The zero-order chi connectivity index (χ0) is 20.8. The maximum atomic E-state index is 14.0. The van der Waals surface area contributed by atoms with E-state index in [2.05, 4.69) is 21.9 Å². The second-order valence-corrected chi connectivity index (χ2v) is 7.59. The van der Waals surface area contributed by atoms with Crippen molar-refractivity contribution in [2.24, 2.45) is 0 Å². The number of anilines is 1. The second-order valence-electron chi connectivity index (χ2n) is 7.59. The number of hydrogen-bond acceptors (Lipinski definition) is 4. The Morgan fingerprint density at radius 3 is 2.03 bits per heavy atom. The summed E-state index contributed by atoms with van der Waals surface area (Å²) in [6, 6.07) is 25.0. The van der Waals surface area contributed by atoms with Crippen molar-refractivity contribution < 1.29 is 14.2 Å². The van der Waals surface area contributed by atoms with E-state index in [9.17, 15) is 9.50 Å². The van der Waals surface area contributed by atoms with Crippen LogP contribution >= 0.6 is 24.8 Å². The molecule has 0 aromatic heterocycles. The van der Waals surface area contributed by atoms with Gasteiger partial charge in [-0.05, 0) is 35.4 Å². The summed E-state index contributed by atoms with van der Waals surface area (Å²) in [6.07, 6.45) is -0.571. The molecule has 1 N–H and O–H groups in total. The van der Waals surface area contributed by atoms with E-state index in [0.717, 1.165) is 37.5 Å². The number of hydrogen-bond donors (Lipinski definition) is 1. The Bertz CT molecular complexity index is 936. The number of piperazine rings is 1. The van der Waals surface area contributed by atoms with Gasteiger partial charge in [0, 0.05) is 32.7 Å². The molecule has 7 heteroatoms. The van der Waals surface area contributed by atoms with E-state index in [1.165, 1.54) is 11.6 Å². The van der Waals surface area contributed by atoms with Crippen LogP contribution in [0.3, 0.4) is 0 Å². The summed E-state index contributed by atoms with van der Waals surface area (Å²) in [5, 5.41) is 10.4. The minimum absolute atomic E-state index is 0. The van der Waals surface area contributed by atoms with E-state index in [1.807, 2.05) is 54.6 Å². The quantitative estimate of drug-likeness (QED) is 0.523. The molecule has 0 saturated carbocycles. The Morgan fingerprint density at radius 1 is 0.781 bits per heavy atom. The standard InChI is InChI=1S/C25H27FN2O2.2ClH/c26-24-8-4-5-9-25(24)28-16-14-27(15-17-28)18-22(29)19-30-23-12-10-21(11-13-23)20-6-2-1-3-7-20;;/h1-13,22,29H,14-19H2;2*1H. The van der Waals surface area contributed by atoms with Gasteiger partial charge in [-0.1, -0.05) is 54.6 Å². The Hall–Kier alpha value is -2.31. The van der Waals surface area contributed by atoms with E-state index < -0.39 is 6.10 Å². The number of aliphatic hydroxyl groups is 1. The van der Waals surface area contributed by atoms with Crippen molar-refractivity contribution >= 4 is 30.5 Å². The van der Waals surface area contributed by atoms with Crippen LogP contribution < -0.4 is 9.64 Å². The predicted molar refractivity (Wildman–Crippen MR) is 133 cm³/mol. The third-order valence-corrected chi connectivity index (χ3v) is 5.44. The van der Waals surface area contributed by atoms with Crippen molar-refractivity contribution in [2.45, 2.75) is 6.10 Å². The fourth-order valence-electron chi connectivity index (χ4n) is 3.80. The molecule has 1 fully saturated rings. The molecular weight excluding hydrogens is 450 g/mol. The second kappa shape index (κ2) is 12.7. The molecule has 4 rings (SSSR count). The van der Waals surface area contributed by atoms with Crippen molar-refractivity contribution in [2.75, 3.05) is 44.2 Å². The first-order chi connectivity index (χ1) is 14.7. The van der Waals surface area contributed by atoms with Gasteiger partial charge in [-0.3, -0.25) is 4.90 Å². The highest BCUT2D eigenvalue weighted by Gasteiger charge is 2.21. The van der Waals surface area contributed by atoms with Crippen LogP contribution in [0.25, 0.3) is 11.1 Å². The first-order valence-corrected chi connectivity index (χ1v) is 10.4. The first-order valence-electron chi connectivity index (χ1n) is 10.4. The minimum atomic E-state index is -0.571. The summed E-state index contributed by atoms with van der Waals surface area (Å²) >= 11 is 0. The van der Waals surface area contributed by atoms with Crippen molar-refractivity contribution in [1.82, 2.24) is 4.90 Å². The molecule has 1 unspecified atom stereocenters. The molecular formula is C25H29Cl2FN2O2. The highest BCUT2D eigenvalue weighted by molar-refractivity contribution is 5.85. The topological polar surface area (TPSA) is 35.9 Å². The molecule has 1 heterocycles. The lowest BCUT2D eigenvalue weighted by Gasteiger charge is -2.36. The average molecular weight is 479 g/mol. The maximum absolute atomic E-state index is 14.0. The maximum Gasteiger partial charge on any atom is 0.146 e. The molecule has 0 bridgehead atoms. The Labute approximate surface area is 201 Å². The normalized spacial score (nSPS) is 14.8. The average Bonchev–Trinajstić information content (AvgIpc) is 2.80. The van der Waals surface area contributed by atoms with Crippen LogP contribution in [-0.4, -0.2) is 55.4 Å². The molecule has 1 saturated heterocycles. The van der Waals surface area contributed by atoms with Crippen LogP contribution in [0.2, 0.25) is 0 Å². The van der Waals surface area contributed by atoms with Gasteiger partial charge in [-0.15, -0.1) is 24.8 Å². The summed E-state index contributed by atoms with van der Waals surface area (Å²) in [4.78, 5) is 4.26. The zero-order valence-corrected chi connectivity index (χ0v) is 19.4. The first kappa shape index (κ1) is 25.9. The predicted octanol–water partition coefficient (Wildman–Crippen LogP) is 4.90. The molecule has 32 heavy (non-hydrogen) atoms. The molecule has 172 valence electrons. The zero-order valence-electron chi connectivity index (χ0n) is 17.8. The van der Waals surface area contributed by atoms with Crippen molar-refractivity contribution in [3.8, 4) is 16.9 Å². The third-order valence-electron chi connectivity index (χ3n) is 5.44. The number of halogens is 3. The van der Waals surface area contributed by atoms with E-state index in [0.29, 0.717) is 12.2 Å². The monoisotopic (exact) mass is 478 g/mol. The number of rotatable bonds is 7. The molecule has 0 aliphatic carbocycles. The summed E-state index contributed by atoms with van der Waals surface area (Å²) in [6.45, 7) is 3.87. The Balaban J connectivity index is 0.00000181. The van der Waals surface area contributed by atoms with Gasteiger partial charge >= 0.3 is 0 Å². The van der Waals surface area contributed by atoms with Crippen LogP contribution in [0.15, 0.2) is 78.9 Å². The lowest BCUT2D eigenvalue weighted by atomic mass is 10.1. The Kier molecular flexibility index (Phi) is 10.3. The van der Waals surface area contributed by atoms with Gasteiger partial charge in [-0.25, -0.2) is 4.39 Å². The van der Waals surface area contributed by atoms with Crippen molar-refractivity contribution in [3.05, 3.63) is 84.7 Å². The van der Waals surface area contributed by atoms with Gasteiger partial charge in [0.15, 0.2) is 0 Å². The lowest BCUT2D eigenvalue weighted by Crippen LogP contribution is -2.49. The third kappa shape index (κ3) is 6.84. The number of para-hydroxylation sites is 1. The van der Waals surface area contributed by atoms with Gasteiger partial charge in [-0.2, -0.15) is 0 Å². The molecule has 1 aliphatic rings. The number of β-amino-alcohol motifs (C(OH)–C–C–N with tert-alkyl or cyclic N) is 1. The van der Waals surface area contributed by atoms with Gasteiger partial charge in [0.05, 0.1) is 5.69 Å². The molecule has 3 aromatic rings. The molecule has 4 nitrogen and oxygen atoms in total. The molecule has 1 aliphatic heterocycles. The molecule has 1 atom stereocenters. The van der Waals surface area contributed by atoms with E-state index in [-0.39, 0.29) is 37.2 Å². The smallest absolute Gasteiger partial charge is 0.146 e. The fraction of sp³-hybridized carbons (Fsp3) is 0.280. The van der Waals surface area contributed by atoms with Gasteiger partial charge in [0.25, 0.3) is 0 Å². The van der Waals surface area contributed by atoms with Crippen LogP contribution in [0.4, 0.5) is 10.1 Å². The molecule has 3 aromatic carbocycles. The molecule has 0 radical (unpaired) electrons. The van der Waals surface area contributed by atoms with Crippen molar-refractivity contribution in [3.63, 3.8) is 0 Å². The van der Waals surface area contributed by atoms with E-state index in [1.54, 1.807) is 6.07 Å². The van der Waals surface area contributed by atoms with Crippen LogP contribution in [-0.2, 0) is 0 Å². The SMILES string of the molecule is Cl.Cl.OC(COc1ccc(-c2ccccc2)cc1)CN1CCN(c2ccccc2F)CC1. The van der Waals surface area contributed by atoms with E-state index >= 15 is 0 Å². The van der Waals surface area contributed by atoms with Crippen LogP contribution in [0.5, 0.6) is 5.75 Å². The largest absolute Gasteiger partial charge is 0.491 e. The van der Waals surface area contributed by atoms with Crippen LogP contribution in [0, 0.1) is 5.82 Å². The summed E-state index contributed by atoms with van der Waals surface area (Å²) in [5.41, 5.74) is 2.95. The van der Waals surface area contributed by atoms with Crippen LogP contribution in [0.1, 0.15) is 0 Å². The lowest BCUT2D eigenvalue weighted by molar-refractivity contribution is 0.0663. The summed E-state index contributed by atoms with van der Waals surface area (Å²) in [7, 11) is 0. The number of benzene rings is 3. The highest BCUT2D eigenvalue weighted by Crippen LogP contribution is 2.22. The number of nitrogens with zero attached hydrogens (tertiary/aromatic N) is 2. The van der Waals surface area contributed by atoms with Gasteiger partial charge in [0.2, 0.25) is 0 Å². The van der Waals surface area contributed by atoms with Gasteiger partial charge in [0.1, 0.15) is 24.3 Å². The minimum Gasteiger partial charge on any atom is -0.491 e. The number of aliphatic hydroxyl groups excluding tert-OH is 1. The summed E-state index contributed by atoms with van der Waals surface area (Å²) < 4.78 is 19.7. The molecule has 0 amide bonds. The highest BCUT2D eigenvalue weighted by atomic mass is 35.5. The van der Waals surface area contributed by atoms with Gasteiger partial charge < -0.3 is 14.7 Å². The summed E-state index contributed by atoms with van der Waals surface area (Å²) in [5.74, 6) is 0.566. The fourth-order valence-corrected chi connectivity index (χ4v) is 3.80.